The molecule has 0 aliphatic heterocycles. The first-order chi connectivity index (χ1) is 12.5. The van der Waals surface area contributed by atoms with Crippen LogP contribution in [0.5, 0.6) is 0 Å². The summed E-state index contributed by atoms with van der Waals surface area (Å²) in [7, 11) is 0. The average molecular weight is 372 g/mol. The fourth-order valence-corrected chi connectivity index (χ4v) is 2.95. The molecule has 6 nitrogen and oxygen atoms in total. The second-order valence-corrected chi connectivity index (χ2v) is 6.39. The highest BCUT2D eigenvalue weighted by atomic mass is 35.5. The molecular formula is C19H18ClN3O3. The van der Waals surface area contributed by atoms with E-state index in [-0.39, 0.29) is 12.3 Å². The third-order valence-electron chi connectivity index (χ3n) is 3.92. The van der Waals surface area contributed by atoms with Crippen LogP contribution in [0.25, 0.3) is 5.65 Å². The number of nitrogens with zero attached hydrogens (tertiary/aromatic N) is 2. The number of carbonyl (C=O) groups is 2. The molecule has 0 saturated carbocycles. The minimum atomic E-state index is -0.895. The molecule has 0 aliphatic carbocycles. The van der Waals surface area contributed by atoms with Crippen molar-refractivity contribution < 1.29 is 14.7 Å². The van der Waals surface area contributed by atoms with E-state index in [2.05, 4.69) is 10.3 Å². The molecule has 0 radical (unpaired) electrons. The molecule has 0 bridgehead atoms. The van der Waals surface area contributed by atoms with Crippen molar-refractivity contribution in [3.05, 3.63) is 64.6 Å². The van der Waals surface area contributed by atoms with Gasteiger partial charge in [-0.3, -0.25) is 14.0 Å². The maximum Gasteiger partial charge on any atom is 0.307 e. The Morgan fingerprint density at radius 1 is 1.19 bits per heavy atom. The van der Waals surface area contributed by atoms with Gasteiger partial charge < -0.3 is 10.4 Å². The van der Waals surface area contributed by atoms with Crippen LogP contribution in [-0.2, 0) is 17.6 Å². The quantitative estimate of drug-likeness (QED) is 0.690. The molecule has 3 rings (SSSR count). The van der Waals surface area contributed by atoms with E-state index in [0.29, 0.717) is 34.0 Å². The van der Waals surface area contributed by atoms with E-state index in [1.54, 1.807) is 47.0 Å². The van der Waals surface area contributed by atoms with Gasteiger partial charge in [-0.25, -0.2) is 4.98 Å². The highest BCUT2D eigenvalue weighted by Gasteiger charge is 2.19. The maximum absolute atomic E-state index is 12.8. The summed E-state index contributed by atoms with van der Waals surface area (Å²) in [6.07, 6.45) is 3.16. The molecule has 3 aromatic rings. The Morgan fingerprint density at radius 3 is 2.58 bits per heavy atom. The van der Waals surface area contributed by atoms with Crippen molar-refractivity contribution in [3.63, 3.8) is 0 Å². The maximum atomic E-state index is 12.8. The molecule has 2 heterocycles. The zero-order valence-corrected chi connectivity index (χ0v) is 15.0. The molecule has 0 saturated heterocycles. The third-order valence-corrected chi connectivity index (χ3v) is 4.15. The van der Waals surface area contributed by atoms with Gasteiger partial charge in [0, 0.05) is 11.9 Å². The van der Waals surface area contributed by atoms with Crippen molar-refractivity contribution in [1.29, 1.82) is 0 Å². The number of carbonyl (C=O) groups excluding carboxylic acids is 1. The minimum absolute atomic E-state index is 0.0549. The van der Waals surface area contributed by atoms with E-state index < -0.39 is 5.97 Å². The van der Waals surface area contributed by atoms with Crippen LogP contribution in [0.2, 0.25) is 5.02 Å². The lowest BCUT2D eigenvalue weighted by Crippen LogP contribution is -2.16. The van der Waals surface area contributed by atoms with Crippen LogP contribution >= 0.6 is 11.6 Å². The number of anilines is 1. The van der Waals surface area contributed by atoms with Crippen LogP contribution in [0.1, 0.15) is 35.1 Å². The van der Waals surface area contributed by atoms with Crippen LogP contribution in [0.3, 0.4) is 0 Å². The molecule has 0 unspecified atom stereocenters. The van der Waals surface area contributed by atoms with Crippen LogP contribution in [0, 0.1) is 0 Å². The second kappa shape index (κ2) is 7.58. The van der Waals surface area contributed by atoms with Crippen LogP contribution in [0.4, 0.5) is 5.69 Å². The number of halogens is 1. The Morgan fingerprint density at radius 2 is 1.92 bits per heavy atom. The van der Waals surface area contributed by atoms with Gasteiger partial charge in [-0.1, -0.05) is 37.1 Å². The predicted molar refractivity (Wildman–Crippen MR) is 99.9 cm³/mol. The Labute approximate surface area is 155 Å². The van der Waals surface area contributed by atoms with Gasteiger partial charge in [0.15, 0.2) is 0 Å². The largest absolute Gasteiger partial charge is 0.481 e. The number of pyridine rings is 1. The van der Waals surface area contributed by atoms with E-state index in [4.69, 9.17) is 16.7 Å². The first kappa shape index (κ1) is 17.9. The lowest BCUT2D eigenvalue weighted by Gasteiger charge is -2.08. The minimum Gasteiger partial charge on any atom is -0.481 e. The number of aromatic nitrogens is 2. The smallest absolute Gasteiger partial charge is 0.307 e. The molecular weight excluding hydrogens is 354 g/mol. The van der Waals surface area contributed by atoms with Crippen LogP contribution in [-0.4, -0.2) is 26.4 Å². The van der Waals surface area contributed by atoms with Gasteiger partial charge in [0.2, 0.25) is 0 Å². The Balaban J connectivity index is 1.90. The third kappa shape index (κ3) is 3.86. The Hall–Kier alpha value is -2.86. The van der Waals surface area contributed by atoms with Gasteiger partial charge in [-0.15, -0.1) is 0 Å². The van der Waals surface area contributed by atoms with Crippen LogP contribution in [0.15, 0.2) is 42.6 Å². The topological polar surface area (TPSA) is 83.7 Å². The van der Waals surface area contributed by atoms with Gasteiger partial charge in [0.25, 0.3) is 5.91 Å². The van der Waals surface area contributed by atoms with E-state index >= 15 is 0 Å². The lowest BCUT2D eigenvalue weighted by molar-refractivity contribution is -0.136. The fraction of sp³-hybridized carbons (Fsp3) is 0.211. The zero-order valence-electron chi connectivity index (χ0n) is 14.2. The van der Waals surface area contributed by atoms with Gasteiger partial charge >= 0.3 is 5.97 Å². The number of benzene rings is 1. The van der Waals surface area contributed by atoms with Crippen molar-refractivity contribution >= 4 is 34.8 Å². The van der Waals surface area contributed by atoms with Gasteiger partial charge in [-0.2, -0.15) is 0 Å². The van der Waals surface area contributed by atoms with Gasteiger partial charge in [0.05, 0.1) is 17.1 Å². The van der Waals surface area contributed by atoms with Crippen molar-refractivity contribution in [2.24, 2.45) is 0 Å². The first-order valence-corrected chi connectivity index (χ1v) is 8.64. The molecule has 134 valence electrons. The van der Waals surface area contributed by atoms with E-state index in [0.717, 1.165) is 12.1 Å². The Bertz CT molecular complexity index is 964. The standard InChI is InChI=1S/C19H18ClN3O3/c1-2-3-15-18(23-11-13(20)6-9-16(23)22-15)19(26)21-14-7-4-12(5-8-14)10-17(24)25/h4-9,11H,2-3,10H2,1H3,(H,21,26)(H,24,25). The Kier molecular flexibility index (Phi) is 5.23. The summed E-state index contributed by atoms with van der Waals surface area (Å²) in [4.78, 5) is 28.1. The highest BCUT2D eigenvalue weighted by Crippen LogP contribution is 2.20. The van der Waals surface area contributed by atoms with E-state index in [9.17, 15) is 9.59 Å². The van der Waals surface area contributed by atoms with Crippen molar-refractivity contribution in [1.82, 2.24) is 9.38 Å². The number of carboxylic acids is 1. The molecule has 0 aliphatic rings. The summed E-state index contributed by atoms with van der Waals surface area (Å²) in [6, 6.07) is 10.3. The molecule has 0 fully saturated rings. The number of hydrogen-bond donors (Lipinski definition) is 2. The summed E-state index contributed by atoms with van der Waals surface area (Å²) in [6.45, 7) is 2.03. The number of amides is 1. The number of hydrogen-bond acceptors (Lipinski definition) is 3. The summed E-state index contributed by atoms with van der Waals surface area (Å²) in [5, 5.41) is 12.2. The summed E-state index contributed by atoms with van der Waals surface area (Å²) >= 11 is 6.07. The number of carboxylic acid groups (broad SMARTS) is 1. The molecule has 2 N–H and O–H groups in total. The highest BCUT2D eigenvalue weighted by molar-refractivity contribution is 6.30. The van der Waals surface area contributed by atoms with Crippen molar-refractivity contribution in [3.8, 4) is 0 Å². The summed E-state index contributed by atoms with van der Waals surface area (Å²) in [5.74, 6) is -1.18. The van der Waals surface area contributed by atoms with Gasteiger partial charge in [-0.05, 0) is 36.2 Å². The normalized spacial score (nSPS) is 10.8. The summed E-state index contributed by atoms with van der Waals surface area (Å²) < 4.78 is 1.70. The monoisotopic (exact) mass is 371 g/mol. The fourth-order valence-electron chi connectivity index (χ4n) is 2.79. The second-order valence-electron chi connectivity index (χ2n) is 5.95. The first-order valence-electron chi connectivity index (χ1n) is 8.26. The predicted octanol–water partition coefficient (Wildman–Crippen LogP) is 3.82. The summed E-state index contributed by atoms with van der Waals surface area (Å²) in [5.41, 5.74) is 3.10. The molecule has 2 aromatic heterocycles. The molecule has 0 atom stereocenters. The number of fused-ring (bicyclic) bond motifs is 1. The van der Waals surface area contributed by atoms with Crippen molar-refractivity contribution in [2.45, 2.75) is 26.2 Å². The number of nitrogens with one attached hydrogen (secondary N) is 1. The molecule has 7 heteroatoms. The number of rotatable bonds is 6. The molecule has 26 heavy (non-hydrogen) atoms. The molecule has 0 spiro atoms. The van der Waals surface area contributed by atoms with E-state index in [1.807, 2.05) is 6.92 Å². The number of aryl methyl sites for hydroxylation is 1. The van der Waals surface area contributed by atoms with Crippen LogP contribution < -0.4 is 5.32 Å². The molecule has 1 amide bonds. The average Bonchev–Trinajstić information content (AvgIpc) is 2.93. The molecule has 1 aromatic carbocycles. The zero-order chi connectivity index (χ0) is 18.7. The SMILES string of the molecule is CCCc1nc2ccc(Cl)cn2c1C(=O)Nc1ccc(CC(=O)O)cc1. The van der Waals surface area contributed by atoms with E-state index in [1.165, 1.54) is 0 Å². The number of aliphatic carboxylic acids is 1. The van der Waals surface area contributed by atoms with Crippen molar-refractivity contribution in [2.75, 3.05) is 5.32 Å². The van der Waals surface area contributed by atoms with Gasteiger partial charge in [0.1, 0.15) is 11.3 Å². The number of imidazole rings is 1. The lowest BCUT2D eigenvalue weighted by atomic mass is 10.1.